The van der Waals surface area contributed by atoms with Crippen LogP contribution in [0, 0.1) is 5.82 Å². The van der Waals surface area contributed by atoms with Gasteiger partial charge in [-0.3, -0.25) is 4.98 Å². The van der Waals surface area contributed by atoms with Crippen molar-refractivity contribution in [2.75, 3.05) is 6.54 Å². The smallest absolute Gasteiger partial charge is 0.146 e. The van der Waals surface area contributed by atoms with Gasteiger partial charge in [0.15, 0.2) is 0 Å². The minimum Gasteiger partial charge on any atom is -0.466 e. The summed E-state index contributed by atoms with van der Waals surface area (Å²) in [6.45, 7) is 2.81. The van der Waals surface area contributed by atoms with Gasteiger partial charge in [0, 0.05) is 6.20 Å². The summed E-state index contributed by atoms with van der Waals surface area (Å²) in [6, 6.07) is 4.39. The normalized spacial score (nSPS) is 12.6. The molecular formula is C13H14BrFN2O. The van der Waals surface area contributed by atoms with Crippen LogP contribution in [0.5, 0.6) is 0 Å². The largest absolute Gasteiger partial charge is 0.466 e. The van der Waals surface area contributed by atoms with Gasteiger partial charge in [-0.25, -0.2) is 4.39 Å². The second-order valence-corrected chi connectivity index (χ2v) is 4.74. The second kappa shape index (κ2) is 6.11. The van der Waals surface area contributed by atoms with E-state index in [4.69, 9.17) is 4.42 Å². The first kappa shape index (κ1) is 13.2. The van der Waals surface area contributed by atoms with Crippen molar-refractivity contribution in [1.82, 2.24) is 10.3 Å². The lowest BCUT2D eigenvalue weighted by atomic mass is 10.1. The topological polar surface area (TPSA) is 38.1 Å². The molecule has 0 bridgehead atoms. The van der Waals surface area contributed by atoms with E-state index in [2.05, 4.69) is 33.2 Å². The Kier molecular flexibility index (Phi) is 4.49. The van der Waals surface area contributed by atoms with E-state index in [0.717, 1.165) is 17.4 Å². The molecule has 1 atom stereocenters. The number of hydrogen-bond donors (Lipinski definition) is 1. The van der Waals surface area contributed by atoms with Crippen molar-refractivity contribution in [2.24, 2.45) is 0 Å². The third-order valence-corrected chi connectivity index (χ3v) is 3.22. The highest BCUT2D eigenvalue weighted by atomic mass is 79.9. The lowest BCUT2D eigenvalue weighted by Gasteiger charge is -2.16. The number of furan rings is 1. The van der Waals surface area contributed by atoms with E-state index in [-0.39, 0.29) is 11.9 Å². The van der Waals surface area contributed by atoms with Gasteiger partial charge >= 0.3 is 0 Å². The Labute approximate surface area is 114 Å². The molecule has 18 heavy (non-hydrogen) atoms. The van der Waals surface area contributed by atoms with Crippen molar-refractivity contribution in [1.29, 1.82) is 0 Å². The zero-order valence-electron chi connectivity index (χ0n) is 9.99. The molecule has 0 fully saturated rings. The monoisotopic (exact) mass is 312 g/mol. The Morgan fingerprint density at radius 3 is 2.94 bits per heavy atom. The average molecular weight is 313 g/mol. The predicted molar refractivity (Wildman–Crippen MR) is 70.7 cm³/mol. The summed E-state index contributed by atoms with van der Waals surface area (Å²) in [6.07, 6.45) is 4.10. The van der Waals surface area contributed by atoms with E-state index in [1.54, 1.807) is 24.6 Å². The van der Waals surface area contributed by atoms with Crippen LogP contribution in [0.1, 0.15) is 30.8 Å². The number of nitrogens with zero attached hydrogens (tertiary/aromatic N) is 1. The molecule has 0 aliphatic carbocycles. The van der Waals surface area contributed by atoms with E-state index in [1.807, 2.05) is 0 Å². The molecule has 96 valence electrons. The van der Waals surface area contributed by atoms with Gasteiger partial charge in [-0.05, 0) is 47.1 Å². The van der Waals surface area contributed by atoms with E-state index in [1.165, 1.54) is 6.07 Å². The first-order valence-electron chi connectivity index (χ1n) is 5.80. The molecular weight excluding hydrogens is 299 g/mol. The Balaban J connectivity index is 2.37. The van der Waals surface area contributed by atoms with Gasteiger partial charge in [-0.15, -0.1) is 0 Å². The van der Waals surface area contributed by atoms with Gasteiger partial charge < -0.3 is 9.73 Å². The summed E-state index contributed by atoms with van der Waals surface area (Å²) in [5.74, 6) is 0.301. The zero-order valence-corrected chi connectivity index (χ0v) is 11.6. The van der Waals surface area contributed by atoms with E-state index < -0.39 is 0 Å². The molecule has 2 aromatic heterocycles. The van der Waals surface area contributed by atoms with Crippen molar-refractivity contribution >= 4 is 15.9 Å². The minimum atomic E-state index is -0.379. The number of rotatable bonds is 5. The third-order valence-electron chi connectivity index (χ3n) is 2.57. The van der Waals surface area contributed by atoms with Gasteiger partial charge in [0.25, 0.3) is 0 Å². The Morgan fingerprint density at radius 2 is 2.33 bits per heavy atom. The highest BCUT2D eigenvalue weighted by molar-refractivity contribution is 9.10. The molecule has 0 aliphatic rings. The highest BCUT2D eigenvalue weighted by Gasteiger charge is 2.23. The average Bonchev–Trinajstić information content (AvgIpc) is 2.78. The fourth-order valence-electron chi connectivity index (χ4n) is 1.72. The molecule has 0 radical (unpaired) electrons. The summed E-state index contributed by atoms with van der Waals surface area (Å²) in [7, 11) is 0. The molecule has 5 heteroatoms. The zero-order chi connectivity index (χ0) is 13.0. The van der Waals surface area contributed by atoms with Crippen LogP contribution in [-0.4, -0.2) is 11.5 Å². The lowest BCUT2D eigenvalue weighted by Crippen LogP contribution is -2.25. The second-order valence-electron chi connectivity index (χ2n) is 3.89. The van der Waals surface area contributed by atoms with Crippen LogP contribution in [-0.2, 0) is 0 Å². The van der Waals surface area contributed by atoms with Crippen molar-refractivity contribution < 1.29 is 8.81 Å². The molecule has 2 aromatic rings. The van der Waals surface area contributed by atoms with Crippen molar-refractivity contribution in [2.45, 2.75) is 19.4 Å². The molecule has 1 unspecified atom stereocenters. The number of aromatic nitrogens is 1. The Hall–Kier alpha value is -1.20. The van der Waals surface area contributed by atoms with Gasteiger partial charge in [0.2, 0.25) is 0 Å². The van der Waals surface area contributed by atoms with Gasteiger partial charge in [-0.1, -0.05) is 6.92 Å². The Morgan fingerprint density at radius 1 is 1.50 bits per heavy atom. The maximum atomic E-state index is 13.8. The molecule has 1 N–H and O–H groups in total. The number of hydrogen-bond acceptors (Lipinski definition) is 3. The van der Waals surface area contributed by atoms with Crippen molar-refractivity contribution in [3.05, 3.63) is 52.4 Å². The summed E-state index contributed by atoms with van der Waals surface area (Å²) >= 11 is 3.40. The maximum absolute atomic E-state index is 13.8. The molecule has 0 amide bonds. The predicted octanol–water partition coefficient (Wildman–Crippen LogP) is 3.67. The number of halogens is 2. The highest BCUT2D eigenvalue weighted by Crippen LogP contribution is 2.29. The van der Waals surface area contributed by atoms with Crippen LogP contribution in [0.15, 0.2) is 39.5 Å². The Bertz CT molecular complexity index is 515. The molecule has 0 aliphatic heterocycles. The molecule has 2 heterocycles. The summed E-state index contributed by atoms with van der Waals surface area (Å²) in [4.78, 5) is 4.11. The fraction of sp³-hybridized carbons (Fsp3) is 0.308. The van der Waals surface area contributed by atoms with Crippen LogP contribution in [0.2, 0.25) is 0 Å². The van der Waals surface area contributed by atoms with Crippen LogP contribution in [0.4, 0.5) is 4.39 Å². The van der Waals surface area contributed by atoms with Crippen molar-refractivity contribution in [3.8, 4) is 0 Å². The molecule has 0 aromatic carbocycles. The van der Waals surface area contributed by atoms with E-state index >= 15 is 0 Å². The lowest BCUT2D eigenvalue weighted by molar-refractivity contribution is 0.427. The quantitative estimate of drug-likeness (QED) is 0.915. The van der Waals surface area contributed by atoms with Crippen LogP contribution in [0.3, 0.4) is 0 Å². The van der Waals surface area contributed by atoms with Crippen LogP contribution in [0.25, 0.3) is 0 Å². The standard InChI is InChI=1S/C13H14BrFN2O/c1-2-6-16-12(13-9(14)5-8-18-13)11-10(15)4-3-7-17-11/h3-5,7-8,12,16H,2,6H2,1H3. The fourth-order valence-corrected chi connectivity index (χ4v) is 2.15. The van der Waals surface area contributed by atoms with Gasteiger partial charge in [0.05, 0.1) is 10.7 Å². The molecule has 0 saturated carbocycles. The SMILES string of the molecule is CCCNC(c1ncccc1F)c1occc1Br. The minimum absolute atomic E-state index is 0.339. The van der Waals surface area contributed by atoms with Gasteiger partial charge in [0.1, 0.15) is 23.3 Å². The molecule has 2 rings (SSSR count). The maximum Gasteiger partial charge on any atom is 0.146 e. The summed E-state index contributed by atoms with van der Waals surface area (Å²) in [5.41, 5.74) is 0.349. The molecule has 3 nitrogen and oxygen atoms in total. The summed E-state index contributed by atoms with van der Waals surface area (Å²) in [5, 5.41) is 3.24. The molecule has 0 saturated heterocycles. The van der Waals surface area contributed by atoms with Crippen LogP contribution < -0.4 is 5.32 Å². The van der Waals surface area contributed by atoms with Crippen LogP contribution >= 0.6 is 15.9 Å². The number of pyridine rings is 1. The number of nitrogens with one attached hydrogen (secondary N) is 1. The van der Waals surface area contributed by atoms with Crippen molar-refractivity contribution in [3.63, 3.8) is 0 Å². The van der Waals surface area contributed by atoms with Gasteiger partial charge in [-0.2, -0.15) is 0 Å². The van der Waals surface area contributed by atoms with E-state index in [0.29, 0.717) is 11.5 Å². The first-order valence-corrected chi connectivity index (χ1v) is 6.60. The molecule has 0 spiro atoms. The first-order chi connectivity index (χ1) is 8.74. The van der Waals surface area contributed by atoms with E-state index in [9.17, 15) is 4.39 Å². The third kappa shape index (κ3) is 2.79. The summed E-state index contributed by atoms with van der Waals surface area (Å²) < 4.78 is 20.1.